The first-order valence-electron chi connectivity index (χ1n) is 9.13. The molecule has 0 N–H and O–H groups in total. The highest BCUT2D eigenvalue weighted by molar-refractivity contribution is 7.89. The largest absolute Gasteiger partial charge is 0.391 e. The Bertz CT molecular complexity index is 799. The lowest BCUT2D eigenvalue weighted by atomic mass is 9.95. The average Bonchev–Trinajstić information content (AvgIpc) is 3.10. The molecule has 27 heavy (non-hydrogen) atoms. The number of likely N-dealkylation sites (tertiary alicyclic amines) is 1. The van der Waals surface area contributed by atoms with Crippen molar-refractivity contribution in [3.8, 4) is 0 Å². The Labute approximate surface area is 158 Å². The number of rotatable bonds is 4. The molecule has 1 aromatic carbocycles. The van der Waals surface area contributed by atoms with E-state index in [1.165, 1.54) is 4.31 Å². The van der Waals surface area contributed by atoms with Gasteiger partial charge < -0.3 is 0 Å². The number of hydrogen-bond acceptors (Lipinski definition) is 3. The summed E-state index contributed by atoms with van der Waals surface area (Å²) in [6.45, 7) is 2.62. The van der Waals surface area contributed by atoms with Crippen LogP contribution >= 0.6 is 0 Å². The van der Waals surface area contributed by atoms with E-state index in [4.69, 9.17) is 0 Å². The van der Waals surface area contributed by atoms with Crippen molar-refractivity contribution >= 4 is 10.0 Å². The number of benzene rings is 1. The third kappa shape index (κ3) is 4.38. The fourth-order valence-electron chi connectivity index (χ4n) is 3.88. The van der Waals surface area contributed by atoms with E-state index < -0.39 is 22.1 Å². The summed E-state index contributed by atoms with van der Waals surface area (Å²) < 4.78 is 65.6. The molecule has 0 amide bonds. The Morgan fingerprint density at radius 2 is 1.81 bits per heavy atom. The summed E-state index contributed by atoms with van der Waals surface area (Å²) in [5, 5.41) is 0. The summed E-state index contributed by atoms with van der Waals surface area (Å²) in [6, 6.07) is 6.48. The number of nitrogens with zero attached hydrogens (tertiary/aromatic N) is 2. The van der Waals surface area contributed by atoms with Gasteiger partial charge in [-0.1, -0.05) is 24.3 Å². The molecule has 8 heteroatoms. The second-order valence-corrected chi connectivity index (χ2v) is 9.44. The van der Waals surface area contributed by atoms with E-state index in [1.54, 1.807) is 25.2 Å². The van der Waals surface area contributed by atoms with Crippen LogP contribution in [0.25, 0.3) is 0 Å². The lowest BCUT2D eigenvalue weighted by Gasteiger charge is -2.36. The van der Waals surface area contributed by atoms with Gasteiger partial charge in [-0.25, -0.2) is 8.42 Å². The van der Waals surface area contributed by atoms with Crippen LogP contribution in [-0.4, -0.2) is 56.0 Å². The molecule has 0 unspecified atom stereocenters. The van der Waals surface area contributed by atoms with E-state index in [1.807, 2.05) is 30.0 Å². The molecule has 0 radical (unpaired) electrons. The van der Waals surface area contributed by atoms with Crippen LogP contribution in [0, 0.1) is 12.8 Å². The molecule has 1 saturated heterocycles. The van der Waals surface area contributed by atoms with Gasteiger partial charge in [0.05, 0.1) is 10.8 Å². The minimum absolute atomic E-state index is 0.0145. The molecular formula is C19H25F3N2O2S. The van der Waals surface area contributed by atoms with Crippen molar-refractivity contribution in [3.05, 3.63) is 42.0 Å². The van der Waals surface area contributed by atoms with E-state index >= 15 is 0 Å². The number of aryl methyl sites for hydroxylation is 1. The van der Waals surface area contributed by atoms with Gasteiger partial charge in [-0.15, -0.1) is 0 Å². The van der Waals surface area contributed by atoms with Gasteiger partial charge in [0.1, 0.15) is 0 Å². The Balaban J connectivity index is 1.62. The topological polar surface area (TPSA) is 40.6 Å². The van der Waals surface area contributed by atoms with Gasteiger partial charge in [-0.05, 0) is 57.0 Å². The Hall–Kier alpha value is -1.38. The molecule has 1 heterocycles. The fraction of sp³-hybridized carbons (Fsp3) is 0.579. The third-order valence-corrected chi connectivity index (χ3v) is 7.51. The monoisotopic (exact) mass is 402 g/mol. The van der Waals surface area contributed by atoms with Crippen molar-refractivity contribution in [2.24, 2.45) is 5.92 Å². The van der Waals surface area contributed by atoms with Crippen LogP contribution in [0.1, 0.15) is 24.8 Å². The number of sulfonamides is 1. The second kappa shape index (κ2) is 7.56. The summed E-state index contributed by atoms with van der Waals surface area (Å²) in [5.41, 5.74) is 0.872. The number of halogens is 3. The van der Waals surface area contributed by atoms with E-state index in [9.17, 15) is 21.6 Å². The molecule has 0 aromatic heterocycles. The van der Waals surface area contributed by atoms with Gasteiger partial charge in [-0.3, -0.25) is 4.90 Å². The van der Waals surface area contributed by atoms with Crippen molar-refractivity contribution in [1.82, 2.24) is 9.21 Å². The Morgan fingerprint density at radius 1 is 1.15 bits per heavy atom. The Kier molecular flexibility index (Phi) is 5.70. The lowest BCUT2D eigenvalue weighted by Crippen LogP contribution is -2.44. The van der Waals surface area contributed by atoms with Crippen molar-refractivity contribution in [2.45, 2.75) is 49.3 Å². The molecule has 1 aromatic rings. The van der Waals surface area contributed by atoms with Crippen LogP contribution in [0.15, 0.2) is 41.3 Å². The minimum Gasteiger partial charge on any atom is -0.297 e. The lowest BCUT2D eigenvalue weighted by molar-refractivity contribution is -0.185. The second-order valence-electron chi connectivity index (χ2n) is 7.44. The van der Waals surface area contributed by atoms with Crippen LogP contribution < -0.4 is 0 Å². The van der Waals surface area contributed by atoms with E-state index in [-0.39, 0.29) is 29.8 Å². The van der Waals surface area contributed by atoms with Crippen molar-refractivity contribution in [3.63, 3.8) is 0 Å². The molecule has 2 atom stereocenters. The van der Waals surface area contributed by atoms with Crippen LogP contribution in [-0.2, 0) is 10.0 Å². The van der Waals surface area contributed by atoms with Gasteiger partial charge in [0.15, 0.2) is 0 Å². The van der Waals surface area contributed by atoms with Crippen LogP contribution in [0.3, 0.4) is 0 Å². The first kappa shape index (κ1) is 20.4. The molecule has 0 bridgehead atoms. The quantitative estimate of drug-likeness (QED) is 0.723. The first-order valence-corrected chi connectivity index (χ1v) is 10.6. The van der Waals surface area contributed by atoms with Gasteiger partial charge >= 0.3 is 6.18 Å². The number of piperidine rings is 1. The molecule has 0 spiro atoms. The highest BCUT2D eigenvalue weighted by Gasteiger charge is 2.42. The molecule has 1 fully saturated rings. The molecule has 4 nitrogen and oxygen atoms in total. The van der Waals surface area contributed by atoms with Crippen molar-refractivity contribution < 1.29 is 21.6 Å². The highest BCUT2D eigenvalue weighted by atomic mass is 32.2. The van der Waals surface area contributed by atoms with Crippen LogP contribution in [0.4, 0.5) is 13.2 Å². The maximum atomic E-state index is 12.9. The predicted molar refractivity (Wildman–Crippen MR) is 97.8 cm³/mol. The highest BCUT2D eigenvalue weighted by Crippen LogP contribution is 2.36. The van der Waals surface area contributed by atoms with Crippen molar-refractivity contribution in [1.29, 1.82) is 0 Å². The van der Waals surface area contributed by atoms with Gasteiger partial charge in [0.25, 0.3) is 0 Å². The molecule has 150 valence electrons. The van der Waals surface area contributed by atoms with Crippen LogP contribution in [0.5, 0.6) is 0 Å². The average molecular weight is 402 g/mol. The molecule has 3 rings (SSSR count). The number of hydrogen-bond donors (Lipinski definition) is 0. The Morgan fingerprint density at radius 3 is 2.41 bits per heavy atom. The predicted octanol–water partition coefficient (Wildman–Crippen LogP) is 3.59. The zero-order valence-electron chi connectivity index (χ0n) is 15.5. The third-order valence-electron chi connectivity index (χ3n) is 5.63. The maximum Gasteiger partial charge on any atom is 0.391 e. The van der Waals surface area contributed by atoms with E-state index in [2.05, 4.69) is 0 Å². The molecule has 2 aliphatic rings. The smallest absolute Gasteiger partial charge is 0.297 e. The normalized spacial score (nSPS) is 25.4. The van der Waals surface area contributed by atoms with E-state index in [0.29, 0.717) is 19.5 Å². The summed E-state index contributed by atoms with van der Waals surface area (Å²) in [6.07, 6.45) is 0.445. The first-order chi connectivity index (χ1) is 12.6. The zero-order valence-corrected chi connectivity index (χ0v) is 16.3. The van der Waals surface area contributed by atoms with Crippen molar-refractivity contribution in [2.75, 3.05) is 20.1 Å². The summed E-state index contributed by atoms with van der Waals surface area (Å²) in [7, 11) is -2.05. The standard InChI is InChI=1S/C19H25F3N2O2S/c1-14-4-3-5-18(12-14)27(25,26)23(2)16-6-7-17(13-16)24-10-8-15(9-11-24)19(20,21)22/h3-7,12,15-17H,8-11,13H2,1-2H3/t16-,17+/m1/s1. The van der Waals surface area contributed by atoms with Gasteiger partial charge in [0, 0.05) is 19.1 Å². The number of likely N-dealkylation sites (N-methyl/N-ethyl adjacent to an activating group) is 1. The molecule has 1 aliphatic carbocycles. The summed E-state index contributed by atoms with van der Waals surface area (Å²) in [5.74, 6) is -1.22. The van der Waals surface area contributed by atoms with Crippen LogP contribution in [0.2, 0.25) is 0 Å². The number of alkyl halides is 3. The molecule has 0 saturated carbocycles. The fourth-order valence-corrected chi connectivity index (χ4v) is 5.31. The van der Waals surface area contributed by atoms with Gasteiger partial charge in [-0.2, -0.15) is 17.5 Å². The molecular weight excluding hydrogens is 377 g/mol. The van der Waals surface area contributed by atoms with E-state index in [0.717, 1.165) is 5.56 Å². The summed E-state index contributed by atoms with van der Waals surface area (Å²) >= 11 is 0. The zero-order chi connectivity index (χ0) is 19.8. The molecule has 1 aliphatic heterocycles. The summed E-state index contributed by atoms with van der Waals surface area (Å²) in [4.78, 5) is 2.29. The maximum absolute atomic E-state index is 12.9. The van der Waals surface area contributed by atoms with Gasteiger partial charge in [0.2, 0.25) is 10.0 Å². The minimum atomic E-state index is -4.12. The SMILES string of the molecule is Cc1cccc(S(=O)(=O)N(C)[C@@H]2C=C[C@H](N3CCC(C(F)(F)F)CC3)C2)c1.